The number of aryl methyl sites for hydroxylation is 2. The summed E-state index contributed by atoms with van der Waals surface area (Å²) in [5, 5.41) is 0. The highest BCUT2D eigenvalue weighted by molar-refractivity contribution is 5.82. The number of pyridine rings is 2. The van der Waals surface area contributed by atoms with Gasteiger partial charge in [0.1, 0.15) is 13.2 Å². The minimum atomic E-state index is -0.562. The predicted octanol–water partition coefficient (Wildman–Crippen LogP) is 3.00. The zero-order valence-corrected chi connectivity index (χ0v) is 18.6. The summed E-state index contributed by atoms with van der Waals surface area (Å²) in [5.41, 5.74) is 3.43. The fraction of sp³-hybridized carbons (Fsp3) is 0.364. The summed E-state index contributed by atoms with van der Waals surface area (Å²) in [6.45, 7) is 9.46. The minimum absolute atomic E-state index is 0.261. The van der Waals surface area contributed by atoms with Crippen molar-refractivity contribution in [3.8, 4) is 0 Å². The quantitative estimate of drug-likeness (QED) is 0.407. The maximum absolute atomic E-state index is 10.5. The van der Waals surface area contributed by atoms with E-state index in [0.717, 1.165) is 22.8 Å². The van der Waals surface area contributed by atoms with Gasteiger partial charge in [0.15, 0.2) is 0 Å². The summed E-state index contributed by atoms with van der Waals surface area (Å²) in [5.74, 6) is -1.68. The van der Waals surface area contributed by atoms with Crippen LogP contribution in [0.25, 0.3) is 0 Å². The average Bonchev–Trinajstić information content (AvgIpc) is 2.65. The van der Waals surface area contributed by atoms with Crippen LogP contribution < -0.4 is 0 Å². The topological polar surface area (TPSA) is 122 Å². The molecule has 0 N–H and O–H groups in total. The van der Waals surface area contributed by atoms with Crippen molar-refractivity contribution in [3.05, 3.63) is 59.2 Å². The molecule has 0 radical (unpaired) electrons. The van der Waals surface area contributed by atoms with E-state index in [1.165, 1.54) is 27.7 Å². The molecule has 0 spiro atoms. The van der Waals surface area contributed by atoms with Gasteiger partial charge in [-0.3, -0.25) is 29.1 Å². The van der Waals surface area contributed by atoms with E-state index in [1.54, 1.807) is 0 Å². The molecule has 2 rings (SSSR count). The second-order valence-electron chi connectivity index (χ2n) is 6.19. The number of rotatable bonds is 4. The van der Waals surface area contributed by atoms with Crippen LogP contribution in [0.5, 0.6) is 0 Å². The first-order valence-electron chi connectivity index (χ1n) is 9.30. The van der Waals surface area contributed by atoms with Gasteiger partial charge in [-0.2, -0.15) is 0 Å². The minimum Gasteiger partial charge on any atom is -0.459 e. The fourth-order valence-electron chi connectivity index (χ4n) is 1.91. The second kappa shape index (κ2) is 15.3. The van der Waals surface area contributed by atoms with Gasteiger partial charge in [-0.05, 0) is 38.1 Å². The zero-order chi connectivity index (χ0) is 23.8. The van der Waals surface area contributed by atoms with Gasteiger partial charge in [0.25, 0.3) is 0 Å². The highest BCUT2D eigenvalue weighted by atomic mass is 16.6. The number of aromatic nitrogens is 2. The molecule has 168 valence electrons. The largest absolute Gasteiger partial charge is 0.459 e. The molecule has 2 heterocycles. The molecule has 0 aromatic carbocycles. The molecule has 0 amide bonds. The van der Waals surface area contributed by atoms with Crippen LogP contribution in [0.3, 0.4) is 0 Å². The van der Waals surface area contributed by atoms with Crippen LogP contribution in [-0.4, -0.2) is 33.8 Å². The summed E-state index contributed by atoms with van der Waals surface area (Å²) in [7, 11) is 0. The van der Waals surface area contributed by atoms with Gasteiger partial charge < -0.3 is 14.2 Å². The van der Waals surface area contributed by atoms with Gasteiger partial charge in [-0.15, -0.1) is 0 Å². The van der Waals surface area contributed by atoms with Crippen molar-refractivity contribution in [2.75, 3.05) is 0 Å². The van der Waals surface area contributed by atoms with Gasteiger partial charge in [0, 0.05) is 39.1 Å². The first kappa shape index (κ1) is 27.4. The van der Waals surface area contributed by atoms with Gasteiger partial charge in [-0.25, -0.2) is 0 Å². The standard InChI is InChI=1S/2C9H11NO2.C4H6O3/c2*1-7-4-3-5-9(10-7)6-12-8(2)11;1-3(5)7-4(2)6/h2*3-5H,6H2,1-2H3;1-2H3. The van der Waals surface area contributed by atoms with E-state index in [0.29, 0.717) is 0 Å². The summed E-state index contributed by atoms with van der Waals surface area (Å²) < 4.78 is 13.5. The number of carbonyl (C=O) groups is 4. The molecule has 31 heavy (non-hydrogen) atoms. The number of esters is 4. The third kappa shape index (κ3) is 17.0. The van der Waals surface area contributed by atoms with E-state index >= 15 is 0 Å². The van der Waals surface area contributed by atoms with E-state index in [9.17, 15) is 19.2 Å². The van der Waals surface area contributed by atoms with Crippen LogP contribution in [0.1, 0.15) is 50.5 Å². The molecule has 0 saturated carbocycles. The number of nitrogens with zero attached hydrogens (tertiary/aromatic N) is 2. The SMILES string of the molecule is CC(=O)OC(C)=O.CC(=O)OCc1cccc(C)n1.CC(=O)OCc1cccc(C)n1. The van der Waals surface area contributed by atoms with Crippen LogP contribution >= 0.6 is 0 Å². The lowest BCUT2D eigenvalue weighted by Crippen LogP contribution is -2.03. The number of hydrogen-bond acceptors (Lipinski definition) is 9. The number of hydrogen-bond donors (Lipinski definition) is 0. The van der Waals surface area contributed by atoms with Crippen LogP contribution in [0.4, 0.5) is 0 Å². The van der Waals surface area contributed by atoms with Crippen LogP contribution in [0.15, 0.2) is 36.4 Å². The van der Waals surface area contributed by atoms with Crippen LogP contribution in [-0.2, 0) is 46.6 Å². The van der Waals surface area contributed by atoms with Crippen LogP contribution in [0, 0.1) is 13.8 Å². The molecule has 9 heteroatoms. The van der Waals surface area contributed by atoms with Crippen molar-refractivity contribution < 1.29 is 33.4 Å². The lowest BCUT2D eigenvalue weighted by atomic mass is 10.3. The summed E-state index contributed by atoms with van der Waals surface area (Å²) >= 11 is 0. The molecule has 2 aromatic heterocycles. The Balaban J connectivity index is 0.000000454. The maximum atomic E-state index is 10.5. The maximum Gasteiger partial charge on any atom is 0.310 e. The molecule has 0 atom stereocenters. The van der Waals surface area contributed by atoms with Crippen LogP contribution in [0.2, 0.25) is 0 Å². The molecular formula is C22H28N2O7. The molecule has 0 bridgehead atoms. The highest BCUT2D eigenvalue weighted by Gasteiger charge is 1.98. The number of carbonyl (C=O) groups excluding carboxylic acids is 4. The average molecular weight is 432 g/mol. The van der Waals surface area contributed by atoms with Gasteiger partial charge in [-0.1, -0.05) is 12.1 Å². The Hall–Kier alpha value is -3.62. The number of ether oxygens (including phenoxy) is 3. The molecule has 0 aliphatic rings. The Labute approximate surface area is 181 Å². The summed E-state index contributed by atoms with van der Waals surface area (Å²) in [4.78, 5) is 48.9. The van der Waals surface area contributed by atoms with Crippen molar-refractivity contribution in [1.29, 1.82) is 0 Å². The molecule has 0 aliphatic carbocycles. The second-order valence-corrected chi connectivity index (χ2v) is 6.19. The summed E-state index contributed by atoms with van der Waals surface area (Å²) in [6.07, 6.45) is 0. The van der Waals surface area contributed by atoms with E-state index < -0.39 is 11.9 Å². The Morgan fingerprint density at radius 2 is 1.00 bits per heavy atom. The third-order valence-electron chi connectivity index (χ3n) is 3.03. The van der Waals surface area contributed by atoms with Crippen molar-refractivity contribution >= 4 is 23.9 Å². The molecule has 0 fully saturated rings. The monoisotopic (exact) mass is 432 g/mol. The van der Waals surface area contributed by atoms with E-state index in [4.69, 9.17) is 9.47 Å². The molecule has 9 nitrogen and oxygen atoms in total. The lowest BCUT2D eigenvalue weighted by molar-refractivity contribution is -0.156. The Morgan fingerprint density at radius 1 is 0.645 bits per heavy atom. The van der Waals surface area contributed by atoms with Crippen molar-refractivity contribution in [2.24, 2.45) is 0 Å². The highest BCUT2D eigenvalue weighted by Crippen LogP contribution is 2.00. The smallest absolute Gasteiger partial charge is 0.310 e. The molecule has 2 aromatic rings. The van der Waals surface area contributed by atoms with E-state index in [1.807, 2.05) is 50.2 Å². The predicted molar refractivity (Wildman–Crippen MR) is 111 cm³/mol. The molecule has 0 unspecified atom stereocenters. The Morgan fingerprint density at radius 3 is 1.23 bits per heavy atom. The van der Waals surface area contributed by atoms with Crippen molar-refractivity contribution in [1.82, 2.24) is 9.97 Å². The summed E-state index contributed by atoms with van der Waals surface area (Å²) in [6, 6.07) is 11.2. The van der Waals surface area contributed by atoms with Gasteiger partial charge in [0.05, 0.1) is 11.4 Å². The normalized spacial score (nSPS) is 9.10. The lowest BCUT2D eigenvalue weighted by Gasteiger charge is -2.01. The van der Waals surface area contributed by atoms with E-state index in [-0.39, 0.29) is 25.2 Å². The van der Waals surface area contributed by atoms with Crippen molar-refractivity contribution in [3.63, 3.8) is 0 Å². The molecular weight excluding hydrogens is 404 g/mol. The van der Waals surface area contributed by atoms with Gasteiger partial charge in [0.2, 0.25) is 0 Å². The zero-order valence-electron chi connectivity index (χ0n) is 18.6. The van der Waals surface area contributed by atoms with Crippen molar-refractivity contribution in [2.45, 2.75) is 54.8 Å². The first-order chi connectivity index (χ1) is 14.5. The van der Waals surface area contributed by atoms with Gasteiger partial charge >= 0.3 is 23.9 Å². The molecule has 0 aliphatic heterocycles. The Kier molecular flexibility index (Phi) is 13.5. The molecule has 0 saturated heterocycles. The van der Waals surface area contributed by atoms with E-state index in [2.05, 4.69) is 14.7 Å². The Bertz CT molecular complexity index is 810. The first-order valence-corrected chi connectivity index (χ1v) is 9.30. The fourth-order valence-corrected chi connectivity index (χ4v) is 1.91. The third-order valence-corrected chi connectivity index (χ3v) is 3.03.